The second kappa shape index (κ2) is 11.7. The van der Waals surface area contributed by atoms with Crippen molar-refractivity contribution in [2.45, 2.75) is 64.6 Å². The van der Waals surface area contributed by atoms with Crippen LogP contribution in [0.1, 0.15) is 50.2 Å². The lowest BCUT2D eigenvalue weighted by atomic mass is 10.1. The molecule has 0 unspecified atom stereocenters. The van der Waals surface area contributed by atoms with Crippen molar-refractivity contribution in [3.8, 4) is 5.75 Å². The maximum Gasteiger partial charge on any atom is 0.261 e. The molecule has 2 aromatic carbocycles. The molecule has 2 aromatic rings. The number of ether oxygens (including phenoxy) is 1. The fourth-order valence-electron chi connectivity index (χ4n) is 4.01. The van der Waals surface area contributed by atoms with E-state index in [-0.39, 0.29) is 24.5 Å². The summed E-state index contributed by atoms with van der Waals surface area (Å²) in [5.41, 5.74) is 1.93. The molecule has 2 amide bonds. The zero-order valence-electron chi connectivity index (χ0n) is 18.6. The third-order valence-corrected chi connectivity index (χ3v) is 6.99. The highest BCUT2D eigenvalue weighted by Crippen LogP contribution is 2.23. The lowest BCUT2D eigenvalue weighted by Crippen LogP contribution is -2.52. The van der Waals surface area contributed by atoms with Crippen molar-refractivity contribution >= 4 is 39.3 Å². The van der Waals surface area contributed by atoms with E-state index < -0.39 is 6.04 Å². The SMILES string of the molecule is CC[C@H](C(=O)NC1CCCC1)N(Cc1ccc(Cl)cc1)C(=O)COc1ccc(Br)c(C)c1. The van der Waals surface area contributed by atoms with Crippen LogP contribution in [0.3, 0.4) is 0 Å². The van der Waals surface area contributed by atoms with E-state index in [9.17, 15) is 9.59 Å². The van der Waals surface area contributed by atoms with Crippen molar-refractivity contribution in [1.82, 2.24) is 10.2 Å². The Balaban J connectivity index is 1.75. The van der Waals surface area contributed by atoms with Crippen LogP contribution in [0.4, 0.5) is 0 Å². The number of amides is 2. The Bertz CT molecular complexity index is 929. The Morgan fingerprint density at radius 1 is 1.19 bits per heavy atom. The first-order valence-corrected chi connectivity index (χ1v) is 12.3. The Labute approximate surface area is 203 Å². The minimum Gasteiger partial charge on any atom is -0.484 e. The lowest BCUT2D eigenvalue weighted by Gasteiger charge is -2.31. The predicted octanol–water partition coefficient (Wildman–Crippen LogP) is 5.66. The first kappa shape index (κ1) is 24.6. The highest BCUT2D eigenvalue weighted by molar-refractivity contribution is 9.10. The minimum atomic E-state index is -0.561. The summed E-state index contributed by atoms with van der Waals surface area (Å²) in [7, 11) is 0. The Kier molecular flexibility index (Phi) is 9.00. The van der Waals surface area contributed by atoms with E-state index in [0.29, 0.717) is 23.7 Å². The van der Waals surface area contributed by atoms with Gasteiger partial charge >= 0.3 is 0 Å². The van der Waals surface area contributed by atoms with E-state index in [2.05, 4.69) is 21.2 Å². The molecular weight excluding hydrogens is 492 g/mol. The van der Waals surface area contributed by atoms with Crippen LogP contribution >= 0.6 is 27.5 Å². The van der Waals surface area contributed by atoms with Crippen LogP contribution in [0, 0.1) is 6.92 Å². The van der Waals surface area contributed by atoms with E-state index in [1.54, 1.807) is 17.0 Å². The highest BCUT2D eigenvalue weighted by Gasteiger charge is 2.30. The van der Waals surface area contributed by atoms with Crippen molar-refractivity contribution in [3.05, 3.63) is 63.1 Å². The molecule has 7 heteroatoms. The summed E-state index contributed by atoms with van der Waals surface area (Å²) in [5, 5.41) is 3.78. The number of carbonyl (C=O) groups is 2. The first-order valence-electron chi connectivity index (χ1n) is 11.1. The molecule has 1 aliphatic carbocycles. The number of hydrogen-bond donors (Lipinski definition) is 1. The number of nitrogens with zero attached hydrogens (tertiary/aromatic N) is 1. The highest BCUT2D eigenvalue weighted by atomic mass is 79.9. The molecule has 1 saturated carbocycles. The van der Waals surface area contributed by atoms with Gasteiger partial charge in [-0.2, -0.15) is 0 Å². The number of nitrogens with one attached hydrogen (secondary N) is 1. The average molecular weight is 522 g/mol. The van der Waals surface area contributed by atoms with Crippen LogP contribution in [-0.2, 0) is 16.1 Å². The zero-order chi connectivity index (χ0) is 23.1. The van der Waals surface area contributed by atoms with Crippen LogP contribution in [0.25, 0.3) is 0 Å². The van der Waals surface area contributed by atoms with Crippen molar-refractivity contribution in [1.29, 1.82) is 0 Å². The first-order chi connectivity index (χ1) is 15.4. The summed E-state index contributed by atoms with van der Waals surface area (Å²) < 4.78 is 6.77. The van der Waals surface area contributed by atoms with Gasteiger partial charge in [0.1, 0.15) is 11.8 Å². The molecule has 1 aliphatic rings. The average Bonchev–Trinajstić information content (AvgIpc) is 3.28. The van der Waals surface area contributed by atoms with Crippen LogP contribution in [-0.4, -0.2) is 35.4 Å². The molecule has 1 atom stereocenters. The fourth-order valence-corrected chi connectivity index (χ4v) is 4.38. The van der Waals surface area contributed by atoms with Crippen LogP contribution in [0.5, 0.6) is 5.75 Å². The van der Waals surface area contributed by atoms with E-state index in [1.807, 2.05) is 44.2 Å². The molecule has 1 fully saturated rings. The molecule has 0 bridgehead atoms. The van der Waals surface area contributed by atoms with Gasteiger partial charge in [0.2, 0.25) is 5.91 Å². The van der Waals surface area contributed by atoms with E-state index in [1.165, 1.54) is 0 Å². The largest absolute Gasteiger partial charge is 0.484 e. The van der Waals surface area contributed by atoms with Gasteiger partial charge in [0, 0.05) is 22.1 Å². The maximum absolute atomic E-state index is 13.3. The van der Waals surface area contributed by atoms with Gasteiger partial charge in [0.15, 0.2) is 6.61 Å². The Morgan fingerprint density at radius 3 is 2.50 bits per heavy atom. The van der Waals surface area contributed by atoms with Gasteiger partial charge in [0.05, 0.1) is 0 Å². The van der Waals surface area contributed by atoms with Gasteiger partial charge in [-0.1, -0.05) is 59.4 Å². The number of aryl methyl sites for hydroxylation is 1. The molecule has 3 rings (SSSR count). The summed E-state index contributed by atoms with van der Waals surface area (Å²) in [6.07, 6.45) is 4.79. The Morgan fingerprint density at radius 2 is 1.88 bits per heavy atom. The van der Waals surface area contributed by atoms with Crippen molar-refractivity contribution in [3.63, 3.8) is 0 Å². The van der Waals surface area contributed by atoms with Crippen molar-refractivity contribution < 1.29 is 14.3 Å². The van der Waals surface area contributed by atoms with Gasteiger partial charge in [-0.3, -0.25) is 9.59 Å². The second-order valence-corrected chi connectivity index (χ2v) is 9.55. The van der Waals surface area contributed by atoms with E-state index >= 15 is 0 Å². The monoisotopic (exact) mass is 520 g/mol. The van der Waals surface area contributed by atoms with Gasteiger partial charge in [-0.05, 0) is 67.6 Å². The molecule has 0 aliphatic heterocycles. The lowest BCUT2D eigenvalue weighted by molar-refractivity contribution is -0.143. The molecule has 0 heterocycles. The van der Waals surface area contributed by atoms with Gasteiger partial charge in [-0.25, -0.2) is 0 Å². The summed E-state index contributed by atoms with van der Waals surface area (Å²) in [6, 6.07) is 12.6. The van der Waals surface area contributed by atoms with Gasteiger partial charge in [-0.15, -0.1) is 0 Å². The summed E-state index contributed by atoms with van der Waals surface area (Å²) >= 11 is 9.49. The fraction of sp³-hybridized carbons (Fsp3) is 0.440. The van der Waals surface area contributed by atoms with Crippen LogP contribution in [0.15, 0.2) is 46.9 Å². The number of hydrogen-bond acceptors (Lipinski definition) is 3. The summed E-state index contributed by atoms with van der Waals surface area (Å²) in [5.74, 6) is 0.295. The van der Waals surface area contributed by atoms with E-state index in [4.69, 9.17) is 16.3 Å². The maximum atomic E-state index is 13.3. The molecule has 0 saturated heterocycles. The summed E-state index contributed by atoms with van der Waals surface area (Å²) in [4.78, 5) is 28.0. The smallest absolute Gasteiger partial charge is 0.261 e. The molecule has 5 nitrogen and oxygen atoms in total. The van der Waals surface area contributed by atoms with Gasteiger partial charge < -0.3 is 15.0 Å². The number of carbonyl (C=O) groups excluding carboxylic acids is 2. The molecule has 0 aromatic heterocycles. The minimum absolute atomic E-state index is 0.0961. The topological polar surface area (TPSA) is 58.6 Å². The normalized spacial score (nSPS) is 14.8. The number of benzene rings is 2. The molecule has 1 N–H and O–H groups in total. The number of halogens is 2. The van der Waals surface area contributed by atoms with Crippen LogP contribution in [0.2, 0.25) is 5.02 Å². The molecule has 0 radical (unpaired) electrons. The zero-order valence-corrected chi connectivity index (χ0v) is 20.9. The number of rotatable bonds is 9. The van der Waals surface area contributed by atoms with Crippen molar-refractivity contribution in [2.24, 2.45) is 0 Å². The standard InChI is InChI=1S/C25H30BrClN2O3/c1-3-23(25(31)28-20-6-4-5-7-20)29(15-18-8-10-19(27)11-9-18)24(30)16-32-21-12-13-22(26)17(2)14-21/h8-14,20,23H,3-7,15-16H2,1-2H3,(H,28,31)/t23-/m1/s1. The third kappa shape index (κ3) is 6.72. The molecule has 172 valence electrons. The third-order valence-electron chi connectivity index (χ3n) is 5.85. The second-order valence-electron chi connectivity index (χ2n) is 8.26. The quantitative estimate of drug-likeness (QED) is 0.463. The summed E-state index contributed by atoms with van der Waals surface area (Å²) in [6.45, 7) is 4.07. The molecule has 0 spiro atoms. The predicted molar refractivity (Wildman–Crippen MR) is 131 cm³/mol. The van der Waals surface area contributed by atoms with Crippen molar-refractivity contribution in [2.75, 3.05) is 6.61 Å². The Hall–Kier alpha value is -2.05. The molecule has 32 heavy (non-hydrogen) atoms. The van der Waals surface area contributed by atoms with Crippen LogP contribution < -0.4 is 10.1 Å². The molecular formula is C25H30BrClN2O3. The van der Waals surface area contributed by atoms with E-state index in [0.717, 1.165) is 41.3 Å². The van der Waals surface area contributed by atoms with Gasteiger partial charge in [0.25, 0.3) is 5.91 Å².